The number of hydrogen-bond donors (Lipinski definition) is 4. The monoisotopic (exact) mass is 365 g/mol. The van der Waals surface area contributed by atoms with Gasteiger partial charge in [0.2, 0.25) is 5.91 Å². The smallest absolute Gasteiger partial charge is 0.275 e. The first-order valence-electron chi connectivity index (χ1n) is 8.28. The first-order valence-corrected chi connectivity index (χ1v) is 8.28. The van der Waals surface area contributed by atoms with Gasteiger partial charge in [0.25, 0.3) is 11.5 Å². The Morgan fingerprint density at radius 1 is 1.33 bits per heavy atom. The number of benzene rings is 1. The molecule has 2 heterocycles. The molecule has 4 N–H and O–H groups in total. The zero-order valence-electron chi connectivity index (χ0n) is 14.9. The molecule has 1 amide bonds. The number of fused-ring (bicyclic) bond motifs is 1. The van der Waals surface area contributed by atoms with Crippen LogP contribution in [-0.2, 0) is 4.79 Å². The summed E-state index contributed by atoms with van der Waals surface area (Å²) in [7, 11) is 0. The van der Waals surface area contributed by atoms with Gasteiger partial charge < -0.3 is 25.9 Å². The average Bonchev–Trinajstić information content (AvgIpc) is 3.05. The molecule has 0 aliphatic rings. The molecule has 1 aromatic carbocycles. The topological polar surface area (TPSA) is 108 Å². The van der Waals surface area contributed by atoms with Crippen LogP contribution in [0.1, 0.15) is 12.5 Å². The highest BCUT2D eigenvalue weighted by atomic mass is 16.3. The van der Waals surface area contributed by atoms with Crippen LogP contribution in [0.2, 0.25) is 0 Å². The predicted octanol–water partition coefficient (Wildman–Crippen LogP) is 2.69. The van der Waals surface area contributed by atoms with Gasteiger partial charge in [0, 0.05) is 30.9 Å². The van der Waals surface area contributed by atoms with Crippen molar-refractivity contribution in [3.63, 3.8) is 0 Å². The number of rotatable bonds is 6. The Morgan fingerprint density at radius 3 is 2.85 bits per heavy atom. The second-order valence-electron chi connectivity index (χ2n) is 5.89. The molecule has 0 atom stereocenters. The van der Waals surface area contributed by atoms with Crippen LogP contribution in [0.4, 0.5) is 28.7 Å². The summed E-state index contributed by atoms with van der Waals surface area (Å²) in [6, 6.07) is 7.33. The number of nitrogens with zero attached hydrogens (tertiary/aromatic N) is 4. The summed E-state index contributed by atoms with van der Waals surface area (Å²) in [5.74, 6) is 0.623. The van der Waals surface area contributed by atoms with Crippen LogP contribution in [0.25, 0.3) is 10.5 Å². The Hall–Kier alpha value is -3.64. The molecule has 2 aromatic heterocycles. The minimum Gasteiger partial charge on any atom is -0.395 e. The number of nitrogens with one attached hydrogen (secondary N) is 3. The summed E-state index contributed by atoms with van der Waals surface area (Å²) in [4.78, 5) is 19.0. The van der Waals surface area contributed by atoms with E-state index in [4.69, 9.17) is 11.7 Å². The summed E-state index contributed by atoms with van der Waals surface area (Å²) < 4.78 is 1.44. The van der Waals surface area contributed by atoms with Gasteiger partial charge >= 0.3 is 0 Å². The van der Waals surface area contributed by atoms with Gasteiger partial charge in [-0.15, -0.1) is 4.52 Å². The Labute approximate surface area is 155 Å². The minimum absolute atomic E-state index is 0.0360. The fourth-order valence-electron chi connectivity index (χ4n) is 2.59. The second-order valence-corrected chi connectivity index (χ2v) is 5.89. The summed E-state index contributed by atoms with van der Waals surface area (Å²) in [6.45, 7) is 10.9. The number of anilines is 4. The Bertz CT molecular complexity index is 1040. The second kappa shape index (κ2) is 7.72. The standard InChI is InChI=1S/C18H19N7O2/c1-11-4-5-13(8-14(11)22-12(2)27)23-16-9-15(20-6-7-26)18-21-10-17(19-3)25(18)24-16/h4-5,8-10,20,26H,6-7H2,1-2H3,(H,22,27)(H,23,24). The number of hydrogen-bond acceptors (Lipinski definition) is 6. The van der Waals surface area contributed by atoms with Gasteiger partial charge in [0.1, 0.15) is 5.69 Å². The van der Waals surface area contributed by atoms with Crippen molar-refractivity contribution in [2.24, 2.45) is 0 Å². The van der Waals surface area contributed by atoms with Gasteiger partial charge in [-0.1, -0.05) is 17.7 Å². The van der Waals surface area contributed by atoms with Crippen molar-refractivity contribution < 1.29 is 9.90 Å². The molecule has 0 saturated carbocycles. The molecule has 0 unspecified atom stereocenters. The van der Waals surface area contributed by atoms with Crippen LogP contribution < -0.4 is 16.0 Å². The summed E-state index contributed by atoms with van der Waals surface area (Å²) >= 11 is 0. The van der Waals surface area contributed by atoms with Crippen LogP contribution in [0.3, 0.4) is 0 Å². The highest BCUT2D eigenvalue weighted by Gasteiger charge is 2.14. The number of carbonyl (C=O) groups excluding carboxylic acids is 1. The molecule has 3 aromatic rings. The van der Waals surface area contributed by atoms with Gasteiger partial charge in [-0.2, -0.15) is 0 Å². The normalized spacial score (nSPS) is 10.4. The lowest BCUT2D eigenvalue weighted by molar-refractivity contribution is -0.114. The lowest BCUT2D eigenvalue weighted by Gasteiger charge is -2.12. The maximum atomic E-state index is 11.4. The molecule has 27 heavy (non-hydrogen) atoms. The Kier molecular flexibility index (Phi) is 5.19. The molecule has 0 spiro atoms. The number of amides is 1. The average molecular weight is 365 g/mol. The molecule has 0 saturated heterocycles. The lowest BCUT2D eigenvalue weighted by atomic mass is 10.1. The van der Waals surface area contributed by atoms with Crippen LogP contribution in [-0.4, -0.2) is 38.8 Å². The van der Waals surface area contributed by atoms with Gasteiger partial charge in [0.05, 0.1) is 12.8 Å². The third kappa shape index (κ3) is 3.96. The number of aliphatic hydroxyl groups excluding tert-OH is 1. The van der Waals surface area contributed by atoms with E-state index in [2.05, 4.69) is 30.9 Å². The number of imidazole rings is 1. The highest BCUT2D eigenvalue weighted by molar-refractivity contribution is 5.90. The summed E-state index contributed by atoms with van der Waals surface area (Å²) in [6.07, 6.45) is 1.45. The zero-order chi connectivity index (χ0) is 19.4. The van der Waals surface area contributed by atoms with Gasteiger partial charge in [-0.05, 0) is 24.6 Å². The van der Waals surface area contributed by atoms with Gasteiger partial charge in [-0.25, -0.2) is 4.98 Å². The molecule has 9 nitrogen and oxygen atoms in total. The molecule has 138 valence electrons. The van der Waals surface area contributed by atoms with Crippen molar-refractivity contribution in [1.29, 1.82) is 0 Å². The van der Waals surface area contributed by atoms with E-state index in [0.717, 1.165) is 11.3 Å². The fourth-order valence-corrected chi connectivity index (χ4v) is 2.59. The molecule has 0 aliphatic heterocycles. The van der Waals surface area contributed by atoms with Crippen molar-refractivity contribution in [2.75, 3.05) is 29.1 Å². The number of aromatic nitrogens is 3. The largest absolute Gasteiger partial charge is 0.395 e. The maximum absolute atomic E-state index is 11.4. The summed E-state index contributed by atoms with van der Waals surface area (Å²) in [5, 5.41) is 22.5. The molecule has 3 rings (SSSR count). The van der Waals surface area contributed by atoms with Crippen molar-refractivity contribution in [2.45, 2.75) is 13.8 Å². The van der Waals surface area contributed by atoms with E-state index in [9.17, 15) is 4.79 Å². The first kappa shape index (κ1) is 18.2. The van der Waals surface area contributed by atoms with E-state index < -0.39 is 0 Å². The zero-order valence-corrected chi connectivity index (χ0v) is 14.9. The van der Waals surface area contributed by atoms with Crippen LogP contribution in [0.15, 0.2) is 30.5 Å². The van der Waals surface area contributed by atoms with E-state index in [0.29, 0.717) is 29.4 Å². The molecule has 0 radical (unpaired) electrons. The number of carbonyl (C=O) groups is 1. The van der Waals surface area contributed by atoms with Crippen LogP contribution in [0, 0.1) is 13.5 Å². The van der Waals surface area contributed by atoms with Crippen molar-refractivity contribution >= 4 is 40.3 Å². The fraction of sp³-hybridized carbons (Fsp3) is 0.222. The third-order valence-electron chi connectivity index (χ3n) is 3.81. The van der Waals surface area contributed by atoms with Crippen molar-refractivity contribution in [3.8, 4) is 0 Å². The molecule has 0 bridgehead atoms. The minimum atomic E-state index is -0.148. The quantitative estimate of drug-likeness (QED) is 0.500. The first-order chi connectivity index (χ1) is 13.0. The van der Waals surface area contributed by atoms with E-state index in [1.54, 1.807) is 6.07 Å². The van der Waals surface area contributed by atoms with Gasteiger partial charge in [-0.3, -0.25) is 4.79 Å². The predicted molar refractivity (Wildman–Crippen MR) is 104 cm³/mol. The van der Waals surface area contributed by atoms with E-state index in [1.165, 1.54) is 17.6 Å². The highest BCUT2D eigenvalue weighted by Crippen LogP contribution is 2.27. The van der Waals surface area contributed by atoms with Crippen LogP contribution in [0.5, 0.6) is 0 Å². The van der Waals surface area contributed by atoms with E-state index in [-0.39, 0.29) is 18.3 Å². The summed E-state index contributed by atoms with van der Waals surface area (Å²) in [5.41, 5.74) is 3.52. The molecule has 0 fully saturated rings. The van der Waals surface area contributed by atoms with Crippen molar-refractivity contribution in [3.05, 3.63) is 47.4 Å². The SMILES string of the molecule is [C-]#[N+]c1cnc2c(NCCO)cc(Nc3ccc(C)c(NC(C)=O)c3)nn12. The molecular weight excluding hydrogens is 346 g/mol. The third-order valence-corrected chi connectivity index (χ3v) is 3.81. The maximum Gasteiger partial charge on any atom is 0.275 e. The Morgan fingerprint density at radius 2 is 2.15 bits per heavy atom. The van der Waals surface area contributed by atoms with E-state index in [1.807, 2.05) is 25.1 Å². The number of aryl methyl sites for hydroxylation is 1. The van der Waals surface area contributed by atoms with Gasteiger partial charge in [0.15, 0.2) is 5.82 Å². The molecular formula is C18H19N7O2. The van der Waals surface area contributed by atoms with Crippen molar-refractivity contribution in [1.82, 2.24) is 14.6 Å². The lowest BCUT2D eigenvalue weighted by Crippen LogP contribution is -2.09. The Balaban J connectivity index is 1.99. The van der Waals surface area contributed by atoms with Crippen LogP contribution >= 0.6 is 0 Å². The molecule has 9 heteroatoms. The molecule has 0 aliphatic carbocycles. The van der Waals surface area contributed by atoms with E-state index >= 15 is 0 Å². The number of aliphatic hydroxyl groups is 1.